The largest absolute Gasteiger partial charge is 0.452 e. The molecule has 0 saturated heterocycles. The molecular formula is C23H23N3O4. The minimum Gasteiger partial charge on any atom is -0.452 e. The number of carbonyl (C=O) groups is 3. The van der Waals surface area contributed by atoms with Crippen LogP contribution in [0.2, 0.25) is 0 Å². The lowest BCUT2D eigenvalue weighted by atomic mass is 10.0. The zero-order valence-corrected chi connectivity index (χ0v) is 16.8. The maximum Gasteiger partial charge on any atom is 0.339 e. The molecule has 0 radical (unpaired) electrons. The van der Waals surface area contributed by atoms with Crippen LogP contribution in [-0.4, -0.2) is 35.5 Å². The summed E-state index contributed by atoms with van der Waals surface area (Å²) in [4.78, 5) is 41.0. The zero-order valence-electron chi connectivity index (χ0n) is 16.8. The smallest absolute Gasteiger partial charge is 0.339 e. The summed E-state index contributed by atoms with van der Waals surface area (Å²) in [7, 11) is 0. The Bertz CT molecular complexity index is 1070. The molecule has 0 aliphatic carbocycles. The van der Waals surface area contributed by atoms with Crippen molar-refractivity contribution in [3.63, 3.8) is 0 Å². The molecule has 1 heterocycles. The van der Waals surface area contributed by atoms with Gasteiger partial charge < -0.3 is 10.1 Å². The van der Waals surface area contributed by atoms with Gasteiger partial charge in [-0.15, -0.1) is 0 Å². The Morgan fingerprint density at radius 1 is 1.03 bits per heavy atom. The van der Waals surface area contributed by atoms with Crippen molar-refractivity contribution in [2.75, 3.05) is 6.61 Å². The second-order valence-electron chi connectivity index (χ2n) is 6.85. The Balaban J connectivity index is 1.76. The molecule has 0 bridgehead atoms. The van der Waals surface area contributed by atoms with Crippen LogP contribution in [0.15, 0.2) is 60.7 Å². The quantitative estimate of drug-likeness (QED) is 0.610. The summed E-state index contributed by atoms with van der Waals surface area (Å²) in [5, 5.41) is 5.38. The normalized spacial score (nSPS) is 11.5. The van der Waals surface area contributed by atoms with E-state index >= 15 is 0 Å². The number of fused-ring (bicyclic) bond motifs is 1. The third kappa shape index (κ3) is 5.20. The van der Waals surface area contributed by atoms with Crippen molar-refractivity contribution in [2.45, 2.75) is 26.3 Å². The van der Waals surface area contributed by atoms with E-state index in [1.54, 1.807) is 18.2 Å². The fourth-order valence-corrected chi connectivity index (χ4v) is 2.83. The molecule has 0 aliphatic heterocycles. The number of amides is 3. The number of urea groups is 1. The maximum absolute atomic E-state index is 12.7. The topological polar surface area (TPSA) is 97.4 Å². The van der Waals surface area contributed by atoms with E-state index in [9.17, 15) is 14.4 Å². The number of hydrogen-bond acceptors (Lipinski definition) is 5. The molecule has 3 aromatic rings. The predicted molar refractivity (Wildman–Crippen MR) is 114 cm³/mol. The number of pyridine rings is 1. The van der Waals surface area contributed by atoms with Crippen LogP contribution >= 0.6 is 0 Å². The molecule has 0 saturated carbocycles. The van der Waals surface area contributed by atoms with Gasteiger partial charge in [-0.3, -0.25) is 10.1 Å². The van der Waals surface area contributed by atoms with Crippen molar-refractivity contribution in [1.29, 1.82) is 0 Å². The number of hydrogen-bond donors (Lipinski definition) is 2. The Morgan fingerprint density at radius 2 is 1.73 bits per heavy atom. The van der Waals surface area contributed by atoms with Crippen LogP contribution in [0.3, 0.4) is 0 Å². The van der Waals surface area contributed by atoms with Gasteiger partial charge in [0.1, 0.15) is 0 Å². The SMILES string of the molecule is CC[C@@H](C)NC(=O)NC(=O)COC(=O)c1cc(-c2ccccc2)nc2ccccc12. The van der Waals surface area contributed by atoms with Gasteiger partial charge in [-0.1, -0.05) is 55.5 Å². The van der Waals surface area contributed by atoms with Crippen molar-refractivity contribution in [2.24, 2.45) is 0 Å². The van der Waals surface area contributed by atoms with Gasteiger partial charge in [0, 0.05) is 17.0 Å². The molecule has 0 aliphatic rings. The highest BCUT2D eigenvalue weighted by molar-refractivity contribution is 6.05. The van der Waals surface area contributed by atoms with E-state index in [4.69, 9.17) is 4.74 Å². The van der Waals surface area contributed by atoms with E-state index < -0.39 is 24.5 Å². The fraction of sp³-hybridized carbons (Fsp3) is 0.217. The highest BCUT2D eigenvalue weighted by Gasteiger charge is 2.17. The molecule has 30 heavy (non-hydrogen) atoms. The minimum atomic E-state index is -0.703. The number of rotatable bonds is 6. The average molecular weight is 405 g/mol. The summed E-state index contributed by atoms with van der Waals surface area (Å²) >= 11 is 0. The summed E-state index contributed by atoms with van der Waals surface area (Å²) in [5.41, 5.74) is 2.43. The van der Waals surface area contributed by atoms with Crippen LogP contribution in [0, 0.1) is 0 Å². The lowest BCUT2D eigenvalue weighted by Crippen LogP contribution is -2.44. The lowest BCUT2D eigenvalue weighted by Gasteiger charge is -2.12. The average Bonchev–Trinajstić information content (AvgIpc) is 2.77. The van der Waals surface area contributed by atoms with Gasteiger partial charge in [0.15, 0.2) is 6.61 Å². The number of carbonyl (C=O) groups excluding carboxylic acids is 3. The number of esters is 1. The molecule has 0 spiro atoms. The molecule has 7 heteroatoms. The van der Waals surface area contributed by atoms with Crippen LogP contribution in [-0.2, 0) is 9.53 Å². The number of ether oxygens (including phenoxy) is 1. The first-order chi connectivity index (χ1) is 14.5. The minimum absolute atomic E-state index is 0.0695. The van der Waals surface area contributed by atoms with Gasteiger partial charge in [0.05, 0.1) is 16.8 Å². The summed E-state index contributed by atoms with van der Waals surface area (Å²) in [6, 6.07) is 17.6. The molecule has 3 amide bonds. The second-order valence-corrected chi connectivity index (χ2v) is 6.85. The monoisotopic (exact) mass is 405 g/mol. The number of nitrogens with one attached hydrogen (secondary N) is 2. The summed E-state index contributed by atoms with van der Waals surface area (Å²) in [6.07, 6.45) is 0.732. The van der Waals surface area contributed by atoms with Crippen molar-refractivity contribution in [1.82, 2.24) is 15.6 Å². The van der Waals surface area contributed by atoms with Gasteiger partial charge in [0.2, 0.25) is 0 Å². The van der Waals surface area contributed by atoms with Gasteiger partial charge in [-0.05, 0) is 25.5 Å². The van der Waals surface area contributed by atoms with Crippen LogP contribution in [0.25, 0.3) is 22.2 Å². The Morgan fingerprint density at radius 3 is 2.47 bits per heavy atom. The van der Waals surface area contributed by atoms with Crippen LogP contribution < -0.4 is 10.6 Å². The Labute approximate surface area is 174 Å². The first-order valence-corrected chi connectivity index (χ1v) is 9.70. The first kappa shape index (κ1) is 21.0. The fourth-order valence-electron chi connectivity index (χ4n) is 2.83. The van der Waals surface area contributed by atoms with E-state index in [-0.39, 0.29) is 6.04 Å². The molecule has 0 unspecified atom stereocenters. The number of para-hydroxylation sites is 1. The highest BCUT2D eigenvalue weighted by atomic mass is 16.5. The van der Waals surface area contributed by atoms with Crippen molar-refractivity contribution in [3.05, 3.63) is 66.2 Å². The van der Waals surface area contributed by atoms with Crippen LogP contribution in [0.5, 0.6) is 0 Å². The van der Waals surface area contributed by atoms with Crippen molar-refractivity contribution < 1.29 is 19.1 Å². The maximum atomic E-state index is 12.7. The Kier molecular flexibility index (Phi) is 6.75. The first-order valence-electron chi connectivity index (χ1n) is 9.70. The number of aromatic nitrogens is 1. The van der Waals surface area contributed by atoms with Gasteiger partial charge in [-0.25, -0.2) is 14.6 Å². The van der Waals surface area contributed by atoms with Gasteiger partial charge in [-0.2, -0.15) is 0 Å². The van der Waals surface area contributed by atoms with E-state index in [1.165, 1.54) is 0 Å². The molecule has 1 aromatic heterocycles. The van der Waals surface area contributed by atoms with E-state index in [2.05, 4.69) is 15.6 Å². The number of benzene rings is 2. The zero-order chi connectivity index (χ0) is 21.5. The molecule has 1 atom stereocenters. The standard InChI is InChI=1S/C23H23N3O4/c1-3-15(2)24-23(29)26-21(27)14-30-22(28)18-13-20(16-9-5-4-6-10-16)25-19-12-8-7-11-17(18)19/h4-13,15H,3,14H2,1-2H3,(H2,24,26,27,29)/t15-/m1/s1. The second kappa shape index (κ2) is 9.65. The van der Waals surface area contributed by atoms with Crippen LogP contribution in [0.1, 0.15) is 30.6 Å². The van der Waals surface area contributed by atoms with E-state index in [1.807, 2.05) is 56.3 Å². The number of nitrogens with zero attached hydrogens (tertiary/aromatic N) is 1. The van der Waals surface area contributed by atoms with E-state index in [0.29, 0.717) is 22.2 Å². The van der Waals surface area contributed by atoms with Crippen molar-refractivity contribution in [3.8, 4) is 11.3 Å². The van der Waals surface area contributed by atoms with Crippen molar-refractivity contribution >= 4 is 28.8 Å². The molecule has 7 nitrogen and oxygen atoms in total. The predicted octanol–water partition coefficient (Wildman–Crippen LogP) is 3.68. The molecular weight excluding hydrogens is 382 g/mol. The number of imide groups is 1. The molecule has 0 fully saturated rings. The molecule has 2 aromatic carbocycles. The Hall–Kier alpha value is -3.74. The third-order valence-corrected chi connectivity index (χ3v) is 4.58. The summed E-state index contributed by atoms with van der Waals surface area (Å²) in [5.74, 6) is -1.37. The molecule has 2 N–H and O–H groups in total. The van der Waals surface area contributed by atoms with Crippen LogP contribution in [0.4, 0.5) is 4.79 Å². The summed E-state index contributed by atoms with van der Waals surface area (Å²) in [6.45, 7) is 3.17. The summed E-state index contributed by atoms with van der Waals surface area (Å²) < 4.78 is 5.16. The van der Waals surface area contributed by atoms with E-state index in [0.717, 1.165) is 12.0 Å². The molecule has 3 rings (SSSR count). The van der Waals surface area contributed by atoms with Gasteiger partial charge >= 0.3 is 12.0 Å². The third-order valence-electron chi connectivity index (χ3n) is 4.58. The molecule has 154 valence electrons. The lowest BCUT2D eigenvalue weighted by molar-refractivity contribution is -0.123. The highest BCUT2D eigenvalue weighted by Crippen LogP contribution is 2.25. The van der Waals surface area contributed by atoms with Gasteiger partial charge in [0.25, 0.3) is 5.91 Å².